The van der Waals surface area contributed by atoms with E-state index in [4.69, 9.17) is 5.73 Å². The standard InChI is InChI=1S/C13H17FN4O2S/c1-9-8-11(14)12(15)10(2)13(9)21(19,20)17-5-7-18-6-3-4-16-18/h3-4,6,8,17H,5,7,15H2,1-2H3. The normalized spacial score (nSPS) is 11.8. The smallest absolute Gasteiger partial charge is 0.241 e. The molecule has 0 aliphatic rings. The molecule has 21 heavy (non-hydrogen) atoms. The second-order valence-corrected chi connectivity index (χ2v) is 6.41. The van der Waals surface area contributed by atoms with Gasteiger partial charge in [0.25, 0.3) is 0 Å². The van der Waals surface area contributed by atoms with Crippen LogP contribution in [0.15, 0.2) is 29.4 Å². The van der Waals surface area contributed by atoms with Gasteiger partial charge in [-0.15, -0.1) is 0 Å². The van der Waals surface area contributed by atoms with E-state index in [1.807, 2.05) is 0 Å². The van der Waals surface area contributed by atoms with Crippen LogP contribution in [0, 0.1) is 19.7 Å². The Kier molecular flexibility index (Phi) is 4.29. The Morgan fingerprint density at radius 2 is 2.14 bits per heavy atom. The summed E-state index contributed by atoms with van der Waals surface area (Å²) in [6.07, 6.45) is 3.35. The summed E-state index contributed by atoms with van der Waals surface area (Å²) in [5.74, 6) is -0.611. The van der Waals surface area contributed by atoms with Gasteiger partial charge in [-0.25, -0.2) is 17.5 Å². The van der Waals surface area contributed by atoms with E-state index in [0.717, 1.165) is 6.07 Å². The molecule has 0 bridgehead atoms. The van der Waals surface area contributed by atoms with Gasteiger partial charge in [0.1, 0.15) is 5.82 Å². The van der Waals surface area contributed by atoms with Crippen molar-refractivity contribution in [2.45, 2.75) is 25.3 Å². The Morgan fingerprint density at radius 3 is 2.76 bits per heavy atom. The summed E-state index contributed by atoms with van der Waals surface area (Å²) < 4.78 is 42.3. The van der Waals surface area contributed by atoms with E-state index < -0.39 is 15.8 Å². The van der Waals surface area contributed by atoms with Gasteiger partial charge in [0.2, 0.25) is 10.0 Å². The van der Waals surface area contributed by atoms with Crippen LogP contribution in [0.25, 0.3) is 0 Å². The number of benzene rings is 1. The molecule has 0 unspecified atom stereocenters. The van der Waals surface area contributed by atoms with Crippen molar-refractivity contribution in [3.05, 3.63) is 41.5 Å². The van der Waals surface area contributed by atoms with E-state index in [-0.39, 0.29) is 22.7 Å². The maximum absolute atomic E-state index is 13.5. The number of sulfonamides is 1. The fraction of sp³-hybridized carbons (Fsp3) is 0.308. The second kappa shape index (κ2) is 5.82. The first-order valence-corrected chi connectivity index (χ1v) is 7.83. The number of aryl methyl sites for hydroxylation is 1. The highest BCUT2D eigenvalue weighted by atomic mass is 32.2. The van der Waals surface area contributed by atoms with Crippen molar-refractivity contribution in [1.29, 1.82) is 0 Å². The van der Waals surface area contributed by atoms with E-state index in [1.165, 1.54) is 13.8 Å². The van der Waals surface area contributed by atoms with Gasteiger partial charge in [-0.2, -0.15) is 5.10 Å². The van der Waals surface area contributed by atoms with Crippen LogP contribution in [0.4, 0.5) is 10.1 Å². The average Bonchev–Trinajstić information content (AvgIpc) is 2.88. The number of aromatic nitrogens is 2. The lowest BCUT2D eigenvalue weighted by atomic mass is 10.1. The highest BCUT2D eigenvalue weighted by Crippen LogP contribution is 2.27. The molecule has 0 saturated heterocycles. The summed E-state index contributed by atoms with van der Waals surface area (Å²) in [6.45, 7) is 3.62. The minimum Gasteiger partial charge on any atom is -0.396 e. The number of rotatable bonds is 5. The molecule has 2 aromatic rings. The number of nitrogens with two attached hydrogens (primary N) is 1. The predicted octanol–water partition coefficient (Wildman–Crippen LogP) is 1.20. The highest BCUT2D eigenvalue weighted by molar-refractivity contribution is 7.89. The van der Waals surface area contributed by atoms with Crippen molar-refractivity contribution in [2.75, 3.05) is 12.3 Å². The van der Waals surface area contributed by atoms with E-state index >= 15 is 0 Å². The zero-order chi connectivity index (χ0) is 15.6. The minimum absolute atomic E-state index is 0.0295. The van der Waals surface area contributed by atoms with Crippen LogP contribution in [-0.4, -0.2) is 24.7 Å². The molecule has 3 N–H and O–H groups in total. The molecule has 0 radical (unpaired) electrons. The Labute approximate surface area is 122 Å². The predicted molar refractivity (Wildman–Crippen MR) is 77.7 cm³/mol. The van der Waals surface area contributed by atoms with Crippen LogP contribution >= 0.6 is 0 Å². The maximum atomic E-state index is 13.5. The van der Waals surface area contributed by atoms with Gasteiger partial charge in [-0.1, -0.05) is 0 Å². The Balaban J connectivity index is 2.22. The second-order valence-electron chi connectivity index (χ2n) is 4.71. The molecule has 1 heterocycles. The topological polar surface area (TPSA) is 90.0 Å². The number of nitrogens with one attached hydrogen (secondary N) is 1. The first-order valence-electron chi connectivity index (χ1n) is 6.35. The first-order chi connectivity index (χ1) is 9.83. The number of anilines is 1. The van der Waals surface area contributed by atoms with Crippen LogP contribution in [-0.2, 0) is 16.6 Å². The largest absolute Gasteiger partial charge is 0.396 e. The fourth-order valence-electron chi connectivity index (χ4n) is 2.14. The van der Waals surface area contributed by atoms with Gasteiger partial charge in [-0.05, 0) is 37.1 Å². The van der Waals surface area contributed by atoms with Crippen LogP contribution in [0.3, 0.4) is 0 Å². The van der Waals surface area contributed by atoms with Gasteiger partial charge >= 0.3 is 0 Å². The van der Waals surface area contributed by atoms with Crippen molar-refractivity contribution in [2.24, 2.45) is 0 Å². The van der Waals surface area contributed by atoms with E-state index in [9.17, 15) is 12.8 Å². The van der Waals surface area contributed by atoms with E-state index in [2.05, 4.69) is 9.82 Å². The minimum atomic E-state index is -3.75. The summed E-state index contributed by atoms with van der Waals surface area (Å²) in [6, 6.07) is 2.88. The Morgan fingerprint density at radius 1 is 1.43 bits per heavy atom. The molecule has 0 atom stereocenters. The van der Waals surface area contributed by atoms with Crippen LogP contribution < -0.4 is 10.5 Å². The molecule has 0 aliphatic heterocycles. The average molecular weight is 312 g/mol. The van der Waals surface area contributed by atoms with Crippen LogP contribution in [0.5, 0.6) is 0 Å². The third-order valence-corrected chi connectivity index (χ3v) is 4.91. The number of nitrogens with zero attached hydrogens (tertiary/aromatic N) is 2. The van der Waals surface area contributed by atoms with Crippen LogP contribution in [0.1, 0.15) is 11.1 Å². The molecule has 6 nitrogen and oxygen atoms in total. The number of halogens is 1. The van der Waals surface area contributed by atoms with Crippen molar-refractivity contribution in [1.82, 2.24) is 14.5 Å². The van der Waals surface area contributed by atoms with Crippen LogP contribution in [0.2, 0.25) is 0 Å². The third-order valence-electron chi connectivity index (χ3n) is 3.16. The maximum Gasteiger partial charge on any atom is 0.241 e. The molecule has 1 aromatic heterocycles. The Hall–Kier alpha value is -1.93. The summed E-state index contributed by atoms with van der Waals surface area (Å²) in [5, 5.41) is 3.98. The lowest BCUT2D eigenvalue weighted by Crippen LogP contribution is -2.29. The number of hydrogen-bond acceptors (Lipinski definition) is 4. The molecule has 8 heteroatoms. The molecule has 0 aliphatic carbocycles. The number of nitrogen functional groups attached to an aromatic ring is 1. The quantitative estimate of drug-likeness (QED) is 0.812. The highest BCUT2D eigenvalue weighted by Gasteiger charge is 2.22. The van der Waals surface area contributed by atoms with E-state index in [1.54, 1.807) is 23.1 Å². The molecule has 0 spiro atoms. The van der Waals surface area contributed by atoms with Gasteiger partial charge < -0.3 is 5.73 Å². The summed E-state index contributed by atoms with van der Waals surface area (Å²) in [7, 11) is -3.75. The Bertz CT molecular complexity index is 742. The molecule has 0 amide bonds. The lowest BCUT2D eigenvalue weighted by Gasteiger charge is -2.14. The molecule has 0 fully saturated rings. The third kappa shape index (κ3) is 3.22. The SMILES string of the molecule is Cc1cc(F)c(N)c(C)c1S(=O)(=O)NCCn1cccn1. The zero-order valence-electron chi connectivity index (χ0n) is 11.8. The number of hydrogen-bond donors (Lipinski definition) is 2. The van der Waals surface area contributed by atoms with Gasteiger partial charge in [0, 0.05) is 18.9 Å². The summed E-state index contributed by atoms with van der Waals surface area (Å²) >= 11 is 0. The first kappa shape index (κ1) is 15.5. The van der Waals surface area contributed by atoms with Crippen molar-refractivity contribution in [3.63, 3.8) is 0 Å². The molecular weight excluding hydrogens is 295 g/mol. The van der Waals surface area contributed by atoms with Crippen molar-refractivity contribution < 1.29 is 12.8 Å². The molecule has 114 valence electrons. The van der Waals surface area contributed by atoms with Crippen molar-refractivity contribution >= 4 is 15.7 Å². The molecular formula is C13H17FN4O2S. The van der Waals surface area contributed by atoms with Gasteiger partial charge in [-0.3, -0.25) is 4.68 Å². The zero-order valence-corrected chi connectivity index (χ0v) is 12.6. The molecule has 1 aromatic carbocycles. The van der Waals surface area contributed by atoms with Gasteiger partial charge in [0.15, 0.2) is 0 Å². The van der Waals surface area contributed by atoms with E-state index in [0.29, 0.717) is 12.1 Å². The summed E-state index contributed by atoms with van der Waals surface area (Å²) in [5.41, 5.74) is 5.97. The lowest BCUT2D eigenvalue weighted by molar-refractivity contribution is 0.559. The molecule has 2 rings (SSSR count). The monoisotopic (exact) mass is 312 g/mol. The summed E-state index contributed by atoms with van der Waals surface area (Å²) in [4.78, 5) is 0.0295. The van der Waals surface area contributed by atoms with Crippen molar-refractivity contribution in [3.8, 4) is 0 Å². The molecule has 0 saturated carbocycles. The van der Waals surface area contributed by atoms with Gasteiger partial charge in [0.05, 0.1) is 17.1 Å². The fourth-order valence-corrected chi connectivity index (χ4v) is 3.64.